The minimum Gasteiger partial charge on any atom is -0.314 e. The van der Waals surface area contributed by atoms with Gasteiger partial charge in [0, 0.05) is 6.04 Å². The van der Waals surface area contributed by atoms with E-state index in [1.807, 2.05) is 0 Å². The summed E-state index contributed by atoms with van der Waals surface area (Å²) in [6.07, 6.45) is 7.92. The summed E-state index contributed by atoms with van der Waals surface area (Å²) in [6.45, 7) is 5.54. The van der Waals surface area contributed by atoms with Gasteiger partial charge in [-0.3, -0.25) is 0 Å². The van der Waals surface area contributed by atoms with E-state index in [9.17, 15) is 0 Å². The summed E-state index contributed by atoms with van der Waals surface area (Å²) >= 11 is 0. The van der Waals surface area contributed by atoms with Crippen LogP contribution >= 0.6 is 0 Å². The van der Waals surface area contributed by atoms with Crippen LogP contribution in [0, 0.1) is 0 Å². The predicted molar refractivity (Wildman–Crippen MR) is 79.1 cm³/mol. The Balaban J connectivity index is 1.81. The van der Waals surface area contributed by atoms with E-state index in [0.29, 0.717) is 6.04 Å². The number of nitrogens with one attached hydrogen (secondary N) is 1. The lowest BCUT2D eigenvalue weighted by molar-refractivity contribution is 0.419. The van der Waals surface area contributed by atoms with Crippen LogP contribution in [0.5, 0.6) is 0 Å². The van der Waals surface area contributed by atoms with Crippen molar-refractivity contribution in [3.8, 4) is 0 Å². The third-order valence-electron chi connectivity index (χ3n) is 4.32. The molecule has 2 rings (SSSR count). The number of rotatable bonds is 7. The molecule has 0 amide bonds. The second-order valence-corrected chi connectivity index (χ2v) is 5.57. The van der Waals surface area contributed by atoms with Gasteiger partial charge < -0.3 is 5.32 Å². The highest BCUT2D eigenvalue weighted by atomic mass is 14.9. The van der Waals surface area contributed by atoms with Gasteiger partial charge in [0.25, 0.3) is 0 Å². The molecule has 1 nitrogen and oxygen atoms in total. The topological polar surface area (TPSA) is 12.0 Å². The van der Waals surface area contributed by atoms with E-state index in [0.717, 1.165) is 12.5 Å². The monoisotopic (exact) mass is 245 g/mol. The molecule has 1 fully saturated rings. The first-order chi connectivity index (χ1) is 8.83. The highest BCUT2D eigenvalue weighted by Gasteiger charge is 2.18. The van der Waals surface area contributed by atoms with Crippen LogP contribution in [0.4, 0.5) is 0 Å². The molecule has 1 atom stereocenters. The predicted octanol–water partition coefficient (Wildman–Crippen LogP) is 4.27. The van der Waals surface area contributed by atoms with Crippen molar-refractivity contribution in [2.45, 2.75) is 64.3 Å². The fourth-order valence-electron chi connectivity index (χ4n) is 2.78. The maximum Gasteiger partial charge on any atom is 0.00674 e. The van der Waals surface area contributed by atoms with Gasteiger partial charge in [-0.1, -0.05) is 44.5 Å². The van der Waals surface area contributed by atoms with E-state index >= 15 is 0 Å². The Kier molecular flexibility index (Phi) is 5.25. The minimum atomic E-state index is 0.682. The van der Waals surface area contributed by atoms with Gasteiger partial charge >= 0.3 is 0 Å². The van der Waals surface area contributed by atoms with Gasteiger partial charge in [-0.25, -0.2) is 0 Å². The van der Waals surface area contributed by atoms with Crippen LogP contribution in [0.25, 0.3) is 0 Å². The molecule has 0 spiro atoms. The molecule has 1 unspecified atom stereocenters. The van der Waals surface area contributed by atoms with Gasteiger partial charge in [0.15, 0.2) is 0 Å². The second kappa shape index (κ2) is 6.94. The Labute approximate surface area is 112 Å². The summed E-state index contributed by atoms with van der Waals surface area (Å²) in [7, 11) is 0. The zero-order valence-corrected chi connectivity index (χ0v) is 11.9. The molecule has 1 N–H and O–H groups in total. The van der Waals surface area contributed by atoms with Crippen molar-refractivity contribution in [1.82, 2.24) is 5.32 Å². The molecule has 0 aromatic heterocycles. The lowest BCUT2D eigenvalue weighted by atomic mass is 9.80. The van der Waals surface area contributed by atoms with Gasteiger partial charge in [0.2, 0.25) is 0 Å². The van der Waals surface area contributed by atoms with E-state index in [-0.39, 0.29) is 0 Å². The summed E-state index contributed by atoms with van der Waals surface area (Å²) in [6, 6.07) is 10.1. The molecule has 0 saturated heterocycles. The second-order valence-electron chi connectivity index (χ2n) is 5.57. The molecule has 0 heterocycles. The first-order valence-corrected chi connectivity index (χ1v) is 7.65. The molecule has 100 valence electrons. The highest BCUT2D eigenvalue weighted by molar-refractivity contribution is 5.26. The smallest absolute Gasteiger partial charge is 0.00674 e. The normalized spacial score (nSPS) is 17.4. The third kappa shape index (κ3) is 3.58. The van der Waals surface area contributed by atoms with Gasteiger partial charge in [-0.15, -0.1) is 0 Å². The summed E-state index contributed by atoms with van der Waals surface area (Å²) in [4.78, 5) is 0. The fraction of sp³-hybridized carbons (Fsp3) is 0.647. The first-order valence-electron chi connectivity index (χ1n) is 7.65. The molecule has 1 aromatic rings. The Hall–Kier alpha value is -0.820. The van der Waals surface area contributed by atoms with Crippen LogP contribution < -0.4 is 5.32 Å². The van der Waals surface area contributed by atoms with Gasteiger partial charge in [-0.2, -0.15) is 0 Å². The van der Waals surface area contributed by atoms with E-state index in [1.54, 1.807) is 5.56 Å². The SMILES string of the molecule is CCNC(CC)CCc1ccc(C2CCC2)cc1. The molecule has 0 radical (unpaired) electrons. The lowest BCUT2D eigenvalue weighted by Gasteiger charge is -2.25. The molecular formula is C17H27N. The van der Waals surface area contributed by atoms with Crippen LogP contribution in [0.1, 0.15) is 63.0 Å². The molecule has 1 saturated carbocycles. The van der Waals surface area contributed by atoms with Crippen LogP contribution in [0.15, 0.2) is 24.3 Å². The van der Waals surface area contributed by atoms with Crippen molar-refractivity contribution in [3.63, 3.8) is 0 Å². The van der Waals surface area contributed by atoms with E-state index in [2.05, 4.69) is 43.4 Å². The standard InChI is InChI=1S/C17H27N/c1-3-17(18-4-2)13-10-14-8-11-16(12-9-14)15-6-5-7-15/h8-9,11-12,15,17-18H,3-7,10,13H2,1-2H3. The zero-order chi connectivity index (χ0) is 12.8. The van der Waals surface area contributed by atoms with E-state index in [4.69, 9.17) is 0 Å². The maximum atomic E-state index is 3.55. The molecule has 0 bridgehead atoms. The lowest BCUT2D eigenvalue weighted by Crippen LogP contribution is -2.28. The summed E-state index contributed by atoms with van der Waals surface area (Å²) < 4.78 is 0. The van der Waals surface area contributed by atoms with E-state index in [1.165, 1.54) is 44.1 Å². The van der Waals surface area contributed by atoms with Crippen molar-refractivity contribution in [2.75, 3.05) is 6.54 Å². The molecule has 1 aliphatic rings. The third-order valence-corrected chi connectivity index (χ3v) is 4.32. The van der Waals surface area contributed by atoms with Crippen molar-refractivity contribution < 1.29 is 0 Å². The number of aryl methyl sites for hydroxylation is 1. The average Bonchev–Trinajstić information content (AvgIpc) is 2.34. The van der Waals surface area contributed by atoms with Crippen molar-refractivity contribution in [3.05, 3.63) is 35.4 Å². The minimum absolute atomic E-state index is 0.682. The van der Waals surface area contributed by atoms with Crippen LogP contribution in [0.3, 0.4) is 0 Å². The summed E-state index contributed by atoms with van der Waals surface area (Å²) in [5.74, 6) is 0.865. The summed E-state index contributed by atoms with van der Waals surface area (Å²) in [5.41, 5.74) is 3.05. The van der Waals surface area contributed by atoms with Crippen LogP contribution in [-0.2, 0) is 6.42 Å². The summed E-state index contributed by atoms with van der Waals surface area (Å²) in [5, 5.41) is 3.55. The maximum absolute atomic E-state index is 3.55. The number of hydrogen-bond acceptors (Lipinski definition) is 1. The van der Waals surface area contributed by atoms with E-state index < -0.39 is 0 Å². The molecular weight excluding hydrogens is 218 g/mol. The number of benzene rings is 1. The number of hydrogen-bond donors (Lipinski definition) is 1. The molecule has 1 aromatic carbocycles. The average molecular weight is 245 g/mol. The van der Waals surface area contributed by atoms with Gasteiger partial charge in [-0.05, 0) is 55.7 Å². The zero-order valence-electron chi connectivity index (χ0n) is 11.9. The Morgan fingerprint density at radius 1 is 1.17 bits per heavy atom. The quantitative estimate of drug-likeness (QED) is 0.756. The van der Waals surface area contributed by atoms with Crippen molar-refractivity contribution in [1.29, 1.82) is 0 Å². The Morgan fingerprint density at radius 3 is 2.39 bits per heavy atom. The van der Waals surface area contributed by atoms with Crippen molar-refractivity contribution in [2.24, 2.45) is 0 Å². The van der Waals surface area contributed by atoms with Gasteiger partial charge in [0.1, 0.15) is 0 Å². The Bertz CT molecular complexity index is 337. The van der Waals surface area contributed by atoms with Crippen LogP contribution in [0.2, 0.25) is 0 Å². The molecule has 1 heteroatoms. The Morgan fingerprint density at radius 2 is 1.89 bits per heavy atom. The first kappa shape index (κ1) is 13.6. The largest absolute Gasteiger partial charge is 0.314 e. The van der Waals surface area contributed by atoms with Crippen LogP contribution in [-0.4, -0.2) is 12.6 Å². The fourth-order valence-corrected chi connectivity index (χ4v) is 2.78. The molecule has 1 aliphatic carbocycles. The van der Waals surface area contributed by atoms with Gasteiger partial charge in [0.05, 0.1) is 0 Å². The molecule has 0 aliphatic heterocycles. The molecule has 18 heavy (non-hydrogen) atoms. The van der Waals surface area contributed by atoms with Crippen molar-refractivity contribution >= 4 is 0 Å². The highest BCUT2D eigenvalue weighted by Crippen LogP contribution is 2.36.